The van der Waals surface area contributed by atoms with E-state index in [2.05, 4.69) is 6.92 Å². The van der Waals surface area contributed by atoms with Gasteiger partial charge in [0, 0.05) is 24.2 Å². The molecule has 1 fully saturated rings. The van der Waals surface area contributed by atoms with Crippen molar-refractivity contribution in [3.8, 4) is 16.9 Å². The molecule has 0 saturated carbocycles. The van der Waals surface area contributed by atoms with Crippen molar-refractivity contribution in [1.29, 1.82) is 0 Å². The number of benzene rings is 3. The SMILES string of the molecule is CCc1ccccc1N1C[C@@H](C(=O)Oc2ccccc2-c2ccccc2)CC1=O. The van der Waals surface area contributed by atoms with Gasteiger partial charge in [-0.15, -0.1) is 0 Å². The Kier molecular flexibility index (Phi) is 5.43. The maximum atomic E-state index is 12.9. The van der Waals surface area contributed by atoms with E-state index in [4.69, 9.17) is 4.74 Å². The van der Waals surface area contributed by atoms with Gasteiger partial charge in [0.25, 0.3) is 0 Å². The average Bonchev–Trinajstić information content (AvgIpc) is 3.16. The Morgan fingerprint density at radius 1 is 0.966 bits per heavy atom. The Morgan fingerprint density at radius 2 is 1.66 bits per heavy atom. The Hall–Kier alpha value is -3.40. The maximum absolute atomic E-state index is 12.9. The number of nitrogens with zero attached hydrogens (tertiary/aromatic N) is 1. The van der Waals surface area contributed by atoms with Gasteiger partial charge in [-0.25, -0.2) is 0 Å². The first kappa shape index (κ1) is 18.9. The van der Waals surface area contributed by atoms with E-state index in [-0.39, 0.29) is 18.3 Å². The zero-order valence-electron chi connectivity index (χ0n) is 16.4. The number of ether oxygens (including phenoxy) is 1. The van der Waals surface area contributed by atoms with Crippen LogP contribution in [0.1, 0.15) is 18.9 Å². The summed E-state index contributed by atoms with van der Waals surface area (Å²) in [6, 6.07) is 25.1. The highest BCUT2D eigenvalue weighted by atomic mass is 16.5. The second-order valence-electron chi connectivity index (χ2n) is 7.17. The molecule has 4 rings (SSSR count). The Balaban J connectivity index is 1.53. The van der Waals surface area contributed by atoms with Crippen LogP contribution < -0.4 is 9.64 Å². The first-order chi connectivity index (χ1) is 14.2. The van der Waals surface area contributed by atoms with Crippen molar-refractivity contribution in [2.45, 2.75) is 19.8 Å². The third-order valence-electron chi connectivity index (χ3n) is 5.30. The molecule has 1 saturated heterocycles. The van der Waals surface area contributed by atoms with Crippen LogP contribution in [0.15, 0.2) is 78.9 Å². The Labute approximate surface area is 170 Å². The minimum atomic E-state index is -0.476. The van der Waals surface area contributed by atoms with Crippen molar-refractivity contribution >= 4 is 17.6 Å². The topological polar surface area (TPSA) is 46.6 Å². The van der Waals surface area contributed by atoms with E-state index in [0.717, 1.165) is 28.8 Å². The van der Waals surface area contributed by atoms with E-state index in [9.17, 15) is 9.59 Å². The molecule has 0 unspecified atom stereocenters. The van der Waals surface area contributed by atoms with Gasteiger partial charge in [0.15, 0.2) is 0 Å². The summed E-state index contributed by atoms with van der Waals surface area (Å²) in [6.07, 6.45) is 1.00. The fourth-order valence-electron chi connectivity index (χ4n) is 3.77. The number of aryl methyl sites for hydroxylation is 1. The molecule has 29 heavy (non-hydrogen) atoms. The van der Waals surface area contributed by atoms with Crippen LogP contribution in [-0.4, -0.2) is 18.4 Å². The summed E-state index contributed by atoms with van der Waals surface area (Å²) < 4.78 is 5.76. The van der Waals surface area contributed by atoms with Crippen LogP contribution in [0, 0.1) is 5.92 Å². The number of rotatable bonds is 5. The van der Waals surface area contributed by atoms with E-state index < -0.39 is 5.92 Å². The van der Waals surface area contributed by atoms with Crippen LogP contribution in [0.5, 0.6) is 5.75 Å². The molecule has 0 N–H and O–H groups in total. The lowest BCUT2D eigenvalue weighted by Gasteiger charge is -2.20. The predicted octanol–water partition coefficient (Wildman–Crippen LogP) is 4.87. The first-order valence-electron chi connectivity index (χ1n) is 9.91. The molecule has 1 aliphatic heterocycles. The van der Waals surface area contributed by atoms with Gasteiger partial charge in [-0.05, 0) is 29.7 Å². The third kappa shape index (κ3) is 3.92. The maximum Gasteiger partial charge on any atom is 0.316 e. The van der Waals surface area contributed by atoms with E-state index in [1.54, 1.807) is 11.0 Å². The third-order valence-corrected chi connectivity index (χ3v) is 5.30. The van der Waals surface area contributed by atoms with Crippen molar-refractivity contribution in [3.05, 3.63) is 84.4 Å². The van der Waals surface area contributed by atoms with Crippen LogP contribution in [0.3, 0.4) is 0 Å². The Bertz CT molecular complexity index is 1030. The fourth-order valence-corrected chi connectivity index (χ4v) is 3.77. The molecule has 0 spiro atoms. The quantitative estimate of drug-likeness (QED) is 0.465. The number of carbonyl (C=O) groups excluding carboxylic acids is 2. The summed E-state index contributed by atoms with van der Waals surface area (Å²) in [5, 5.41) is 0. The molecule has 3 aromatic rings. The molecular weight excluding hydrogens is 362 g/mol. The minimum Gasteiger partial charge on any atom is -0.426 e. The summed E-state index contributed by atoms with van der Waals surface area (Å²) >= 11 is 0. The molecule has 4 nitrogen and oxygen atoms in total. The van der Waals surface area contributed by atoms with Crippen LogP contribution >= 0.6 is 0 Å². The van der Waals surface area contributed by atoms with E-state index in [0.29, 0.717) is 12.3 Å². The zero-order chi connectivity index (χ0) is 20.2. The van der Waals surface area contributed by atoms with Crippen molar-refractivity contribution in [2.75, 3.05) is 11.4 Å². The molecule has 0 aliphatic carbocycles. The highest BCUT2D eigenvalue weighted by Gasteiger charge is 2.37. The van der Waals surface area contributed by atoms with Crippen molar-refractivity contribution in [3.63, 3.8) is 0 Å². The number of hydrogen-bond acceptors (Lipinski definition) is 3. The molecule has 146 valence electrons. The van der Waals surface area contributed by atoms with Gasteiger partial charge in [0.1, 0.15) is 5.75 Å². The van der Waals surface area contributed by atoms with Gasteiger partial charge in [0.05, 0.1) is 5.92 Å². The summed E-state index contributed by atoms with van der Waals surface area (Å²) in [5.74, 6) is -0.359. The van der Waals surface area contributed by atoms with Crippen molar-refractivity contribution < 1.29 is 14.3 Å². The molecule has 3 aromatic carbocycles. The first-order valence-corrected chi connectivity index (χ1v) is 9.91. The van der Waals surface area contributed by atoms with Crippen molar-refractivity contribution in [2.24, 2.45) is 5.92 Å². The summed E-state index contributed by atoms with van der Waals surface area (Å²) in [6.45, 7) is 2.41. The van der Waals surface area contributed by atoms with Crippen LogP contribution in [0.4, 0.5) is 5.69 Å². The van der Waals surface area contributed by atoms with Gasteiger partial charge < -0.3 is 9.64 Å². The molecule has 1 heterocycles. The molecular formula is C25H23NO3. The fraction of sp³-hybridized carbons (Fsp3) is 0.200. The lowest BCUT2D eigenvalue weighted by atomic mass is 10.0. The van der Waals surface area contributed by atoms with Gasteiger partial charge in [-0.3, -0.25) is 9.59 Å². The molecule has 0 bridgehead atoms. The molecule has 1 aliphatic rings. The van der Waals surface area contributed by atoms with Crippen LogP contribution in [-0.2, 0) is 16.0 Å². The molecule has 1 atom stereocenters. The number of amides is 1. The largest absolute Gasteiger partial charge is 0.426 e. The lowest BCUT2D eigenvalue weighted by Crippen LogP contribution is -2.28. The molecule has 1 amide bonds. The minimum absolute atomic E-state index is 0.0378. The standard InChI is InChI=1S/C25H23NO3/c1-2-18-10-6-8-14-22(18)26-17-20(16-24(26)27)25(28)29-23-15-9-7-13-21(23)19-11-4-3-5-12-19/h3-15,20H,2,16-17H2,1H3/t20-/m0/s1. The number of anilines is 1. The zero-order valence-corrected chi connectivity index (χ0v) is 16.4. The smallest absolute Gasteiger partial charge is 0.316 e. The average molecular weight is 385 g/mol. The monoisotopic (exact) mass is 385 g/mol. The predicted molar refractivity (Wildman–Crippen MR) is 114 cm³/mol. The van der Waals surface area contributed by atoms with Gasteiger partial charge in [0.2, 0.25) is 5.91 Å². The van der Waals surface area contributed by atoms with E-state index >= 15 is 0 Å². The van der Waals surface area contributed by atoms with E-state index in [1.165, 1.54) is 0 Å². The second kappa shape index (κ2) is 8.31. The van der Waals surface area contributed by atoms with Gasteiger partial charge in [-0.1, -0.05) is 73.7 Å². The number of para-hydroxylation sites is 2. The number of carbonyl (C=O) groups is 2. The molecule has 4 heteroatoms. The molecule has 0 radical (unpaired) electrons. The number of hydrogen-bond donors (Lipinski definition) is 0. The lowest BCUT2D eigenvalue weighted by molar-refractivity contribution is -0.139. The highest BCUT2D eigenvalue weighted by Crippen LogP contribution is 2.32. The summed E-state index contributed by atoms with van der Waals surface area (Å²) in [7, 11) is 0. The summed E-state index contributed by atoms with van der Waals surface area (Å²) in [4.78, 5) is 27.2. The number of esters is 1. The van der Waals surface area contributed by atoms with Crippen LogP contribution in [0.25, 0.3) is 11.1 Å². The highest BCUT2D eigenvalue weighted by molar-refractivity contribution is 6.00. The van der Waals surface area contributed by atoms with Gasteiger partial charge >= 0.3 is 5.97 Å². The molecule has 0 aromatic heterocycles. The van der Waals surface area contributed by atoms with Crippen LogP contribution in [0.2, 0.25) is 0 Å². The van der Waals surface area contributed by atoms with Gasteiger partial charge in [-0.2, -0.15) is 0 Å². The normalized spacial score (nSPS) is 16.1. The van der Waals surface area contributed by atoms with Crippen molar-refractivity contribution in [1.82, 2.24) is 0 Å². The summed E-state index contributed by atoms with van der Waals surface area (Å²) in [5.41, 5.74) is 3.83. The second-order valence-corrected chi connectivity index (χ2v) is 7.17. The van der Waals surface area contributed by atoms with E-state index in [1.807, 2.05) is 72.8 Å². The Morgan fingerprint density at radius 3 is 2.45 bits per heavy atom.